The van der Waals surface area contributed by atoms with Crippen molar-refractivity contribution in [2.24, 2.45) is 0 Å². The molecule has 1 aromatic heterocycles. The molecular weight excluding hydrogens is 164 g/mol. The van der Waals surface area contributed by atoms with E-state index in [4.69, 9.17) is 11.0 Å². The van der Waals surface area contributed by atoms with Gasteiger partial charge in [0.05, 0.1) is 5.56 Å². The van der Waals surface area contributed by atoms with Crippen LogP contribution in [-0.2, 0) is 0 Å². The van der Waals surface area contributed by atoms with Gasteiger partial charge in [0, 0.05) is 11.9 Å². The molecule has 1 aromatic rings. The minimum Gasteiger partial charge on any atom is -0.398 e. The number of nitrogens with zero attached hydrogens (tertiary/aromatic N) is 2. The Kier molecular flexibility index (Phi) is 2.19. The Bertz CT molecular complexity index is 330. The Morgan fingerprint density at radius 3 is 2.67 bits per heavy atom. The summed E-state index contributed by atoms with van der Waals surface area (Å²) in [6, 6.07) is 2.82. The van der Waals surface area contributed by atoms with Crippen LogP contribution in [0, 0.1) is 11.3 Å². The number of pyridine rings is 1. The number of nitrogens with two attached hydrogens (primary N) is 1. The lowest BCUT2D eigenvalue weighted by molar-refractivity contribution is 0.152. The van der Waals surface area contributed by atoms with Gasteiger partial charge in [-0.2, -0.15) is 5.26 Å². The molecule has 0 radical (unpaired) electrons. The van der Waals surface area contributed by atoms with Crippen LogP contribution in [0.3, 0.4) is 0 Å². The smallest absolute Gasteiger partial charge is 0.267 e. The van der Waals surface area contributed by atoms with Gasteiger partial charge < -0.3 is 5.73 Å². The number of hydrogen-bond acceptors (Lipinski definition) is 3. The molecule has 5 heteroatoms. The first-order valence-electron chi connectivity index (χ1n) is 3.09. The molecule has 0 aromatic carbocycles. The van der Waals surface area contributed by atoms with E-state index in [2.05, 4.69) is 4.98 Å². The summed E-state index contributed by atoms with van der Waals surface area (Å²) in [5.41, 5.74) is 4.83. The molecule has 0 saturated carbocycles. The van der Waals surface area contributed by atoms with Gasteiger partial charge >= 0.3 is 0 Å². The molecule has 0 aliphatic rings. The predicted octanol–water partition coefficient (Wildman–Crippen LogP) is 1.47. The summed E-state index contributed by atoms with van der Waals surface area (Å²) in [4.78, 5) is 3.46. The molecule has 12 heavy (non-hydrogen) atoms. The fourth-order valence-corrected chi connectivity index (χ4v) is 0.725. The van der Waals surface area contributed by atoms with E-state index in [0.29, 0.717) is 0 Å². The van der Waals surface area contributed by atoms with Crippen molar-refractivity contribution in [1.29, 1.82) is 5.26 Å². The second kappa shape index (κ2) is 3.13. The van der Waals surface area contributed by atoms with E-state index in [-0.39, 0.29) is 16.9 Å². The van der Waals surface area contributed by atoms with Gasteiger partial charge in [0.15, 0.2) is 0 Å². The molecule has 0 spiro atoms. The van der Waals surface area contributed by atoms with Gasteiger partial charge in [-0.15, -0.1) is 0 Å². The summed E-state index contributed by atoms with van der Waals surface area (Å²) in [6.45, 7) is 0. The van der Waals surface area contributed by atoms with Crippen molar-refractivity contribution in [3.05, 3.63) is 23.5 Å². The summed E-state index contributed by atoms with van der Waals surface area (Å²) < 4.78 is 24.1. The maximum atomic E-state index is 12.1. The Labute approximate surface area is 67.4 Å². The fraction of sp³-hybridized carbons (Fsp3) is 0.143. The van der Waals surface area contributed by atoms with Crippen LogP contribution in [0.4, 0.5) is 14.5 Å². The Balaban J connectivity index is 3.14. The van der Waals surface area contributed by atoms with Crippen LogP contribution in [0.2, 0.25) is 0 Å². The van der Waals surface area contributed by atoms with Crippen LogP contribution in [0.25, 0.3) is 0 Å². The number of hydrogen-bond donors (Lipinski definition) is 1. The first-order chi connectivity index (χ1) is 5.65. The van der Waals surface area contributed by atoms with Gasteiger partial charge in [-0.25, -0.2) is 13.8 Å². The topological polar surface area (TPSA) is 62.7 Å². The van der Waals surface area contributed by atoms with Gasteiger partial charge in [-0.05, 0) is 6.07 Å². The molecule has 0 aliphatic heterocycles. The first-order valence-corrected chi connectivity index (χ1v) is 3.09. The quantitative estimate of drug-likeness (QED) is 0.692. The van der Waals surface area contributed by atoms with Gasteiger partial charge in [-0.1, -0.05) is 0 Å². The minimum atomic E-state index is -2.65. The lowest BCUT2D eigenvalue weighted by Crippen LogP contribution is -1.97. The highest BCUT2D eigenvalue weighted by Crippen LogP contribution is 2.23. The van der Waals surface area contributed by atoms with Gasteiger partial charge in [0.2, 0.25) is 0 Å². The van der Waals surface area contributed by atoms with Crippen molar-refractivity contribution in [3.8, 4) is 6.07 Å². The summed E-state index contributed by atoms with van der Waals surface area (Å²) in [5.74, 6) is 0. The lowest BCUT2D eigenvalue weighted by atomic mass is 10.2. The normalized spacial score (nSPS) is 9.83. The highest BCUT2D eigenvalue weighted by Gasteiger charge is 2.11. The third-order valence-corrected chi connectivity index (χ3v) is 1.32. The Morgan fingerprint density at radius 1 is 1.58 bits per heavy atom. The average Bonchev–Trinajstić information content (AvgIpc) is 2.03. The SMILES string of the molecule is N#Cc1cc(N)c(C(F)F)cn1. The van der Waals surface area contributed by atoms with E-state index in [1.165, 1.54) is 0 Å². The number of halogens is 2. The summed E-state index contributed by atoms with van der Waals surface area (Å²) in [5, 5.41) is 8.34. The van der Waals surface area contributed by atoms with Crippen molar-refractivity contribution in [3.63, 3.8) is 0 Å². The average molecular weight is 169 g/mol. The van der Waals surface area contributed by atoms with Crippen LogP contribution >= 0.6 is 0 Å². The van der Waals surface area contributed by atoms with E-state index in [1.54, 1.807) is 6.07 Å². The van der Waals surface area contributed by atoms with E-state index in [9.17, 15) is 8.78 Å². The van der Waals surface area contributed by atoms with Crippen LogP contribution in [-0.4, -0.2) is 4.98 Å². The zero-order valence-electron chi connectivity index (χ0n) is 5.96. The van der Waals surface area contributed by atoms with Gasteiger partial charge in [0.25, 0.3) is 6.43 Å². The summed E-state index contributed by atoms with van der Waals surface area (Å²) >= 11 is 0. The number of nitriles is 1. The minimum absolute atomic E-state index is 0.0388. The summed E-state index contributed by atoms with van der Waals surface area (Å²) in [6.07, 6.45) is -1.73. The van der Waals surface area contributed by atoms with E-state index < -0.39 is 6.43 Å². The Morgan fingerprint density at radius 2 is 2.25 bits per heavy atom. The molecule has 0 amide bonds. The number of aromatic nitrogens is 1. The van der Waals surface area contributed by atoms with Crippen molar-refractivity contribution in [2.45, 2.75) is 6.43 Å². The fourth-order valence-electron chi connectivity index (χ4n) is 0.725. The molecule has 2 N–H and O–H groups in total. The highest BCUT2D eigenvalue weighted by atomic mass is 19.3. The number of rotatable bonds is 1. The van der Waals surface area contributed by atoms with E-state index in [0.717, 1.165) is 12.3 Å². The standard InChI is InChI=1S/C7H5F2N3/c8-7(9)5-3-12-4(2-10)1-6(5)11/h1,3,7H,(H2,11,12). The molecule has 1 rings (SSSR count). The third-order valence-electron chi connectivity index (χ3n) is 1.32. The second-order valence-corrected chi connectivity index (χ2v) is 2.11. The lowest BCUT2D eigenvalue weighted by Gasteiger charge is -2.02. The number of alkyl halides is 2. The second-order valence-electron chi connectivity index (χ2n) is 2.11. The molecule has 0 bridgehead atoms. The zero-order valence-corrected chi connectivity index (χ0v) is 5.96. The van der Waals surface area contributed by atoms with Crippen molar-refractivity contribution < 1.29 is 8.78 Å². The maximum Gasteiger partial charge on any atom is 0.267 e. The van der Waals surface area contributed by atoms with Gasteiger partial charge in [0.1, 0.15) is 11.8 Å². The molecular formula is C7H5F2N3. The predicted molar refractivity (Wildman–Crippen MR) is 38.3 cm³/mol. The van der Waals surface area contributed by atoms with Crippen molar-refractivity contribution in [2.75, 3.05) is 5.73 Å². The first kappa shape index (κ1) is 8.40. The molecule has 0 aliphatic carbocycles. The molecule has 62 valence electrons. The van der Waals surface area contributed by atoms with Crippen LogP contribution in [0.1, 0.15) is 17.7 Å². The van der Waals surface area contributed by atoms with E-state index >= 15 is 0 Å². The van der Waals surface area contributed by atoms with Crippen molar-refractivity contribution in [1.82, 2.24) is 4.98 Å². The zero-order chi connectivity index (χ0) is 9.14. The molecule has 0 fully saturated rings. The van der Waals surface area contributed by atoms with Gasteiger partial charge in [-0.3, -0.25) is 0 Å². The maximum absolute atomic E-state index is 12.1. The monoisotopic (exact) mass is 169 g/mol. The van der Waals surface area contributed by atoms with Crippen molar-refractivity contribution >= 4 is 5.69 Å². The highest BCUT2D eigenvalue weighted by molar-refractivity contribution is 5.49. The summed E-state index contributed by atoms with van der Waals surface area (Å²) in [7, 11) is 0. The van der Waals surface area contributed by atoms with Crippen LogP contribution in [0.15, 0.2) is 12.3 Å². The molecule has 0 unspecified atom stereocenters. The molecule has 1 heterocycles. The van der Waals surface area contributed by atoms with Crippen LogP contribution in [0.5, 0.6) is 0 Å². The molecule has 0 atom stereocenters. The third kappa shape index (κ3) is 1.48. The van der Waals surface area contributed by atoms with E-state index in [1.807, 2.05) is 0 Å². The Hall–Kier alpha value is -1.70. The molecule has 0 saturated heterocycles. The molecule has 3 nitrogen and oxygen atoms in total. The number of nitrogen functional groups attached to an aromatic ring is 1. The van der Waals surface area contributed by atoms with Crippen LogP contribution < -0.4 is 5.73 Å². The number of anilines is 1. The largest absolute Gasteiger partial charge is 0.398 e.